The molecule has 4 nitrogen and oxygen atoms in total. The van der Waals surface area contributed by atoms with Crippen molar-refractivity contribution >= 4 is 5.91 Å². The van der Waals surface area contributed by atoms with Gasteiger partial charge in [0.25, 0.3) is 5.91 Å². The minimum Gasteiger partial charge on any atom is -0.336 e. The Labute approximate surface area is 124 Å². The van der Waals surface area contributed by atoms with Crippen molar-refractivity contribution in [2.24, 2.45) is 0 Å². The molecule has 1 aromatic carbocycles. The molecule has 0 aliphatic carbocycles. The number of carbonyl (C=O) groups is 1. The predicted octanol–water partition coefficient (Wildman–Crippen LogP) is 2.19. The third-order valence-electron chi connectivity index (χ3n) is 3.99. The molecule has 0 radical (unpaired) electrons. The number of rotatable bonds is 2. The van der Waals surface area contributed by atoms with Crippen LogP contribution in [-0.4, -0.2) is 47.4 Å². The number of hydrogen-bond acceptors (Lipinski definition) is 3. The van der Waals surface area contributed by atoms with Crippen LogP contribution in [0.2, 0.25) is 0 Å². The van der Waals surface area contributed by atoms with Crippen molar-refractivity contribution in [2.75, 3.05) is 26.2 Å². The second-order valence-electron chi connectivity index (χ2n) is 5.93. The maximum atomic E-state index is 13.9. The van der Waals surface area contributed by atoms with Gasteiger partial charge >= 0.3 is 0 Å². The van der Waals surface area contributed by atoms with Gasteiger partial charge in [-0.3, -0.25) is 9.69 Å². The molecular formula is C16H20FN3O. The summed E-state index contributed by atoms with van der Waals surface area (Å²) in [5.74, 6) is -0.748. The Morgan fingerprint density at radius 2 is 1.90 bits per heavy atom. The zero-order valence-corrected chi connectivity index (χ0v) is 12.7. The van der Waals surface area contributed by atoms with E-state index >= 15 is 0 Å². The van der Waals surface area contributed by atoms with Crippen LogP contribution in [0.5, 0.6) is 0 Å². The van der Waals surface area contributed by atoms with Crippen LogP contribution in [-0.2, 0) is 0 Å². The van der Waals surface area contributed by atoms with Crippen molar-refractivity contribution in [3.8, 4) is 6.07 Å². The van der Waals surface area contributed by atoms with E-state index in [4.69, 9.17) is 5.26 Å². The monoisotopic (exact) mass is 289 g/mol. The van der Waals surface area contributed by atoms with E-state index in [0.29, 0.717) is 26.2 Å². The van der Waals surface area contributed by atoms with E-state index in [1.807, 2.05) is 18.7 Å². The normalized spacial score (nSPS) is 16.6. The summed E-state index contributed by atoms with van der Waals surface area (Å²) in [6.07, 6.45) is 0. The zero-order chi connectivity index (χ0) is 15.6. The summed E-state index contributed by atoms with van der Waals surface area (Å²) in [4.78, 5) is 16.1. The minimum absolute atomic E-state index is 0.119. The van der Waals surface area contributed by atoms with Gasteiger partial charge in [0.05, 0.1) is 11.6 Å². The molecule has 0 atom stereocenters. The first-order valence-electron chi connectivity index (χ1n) is 7.07. The van der Waals surface area contributed by atoms with Crippen LogP contribution in [0.4, 0.5) is 4.39 Å². The lowest BCUT2D eigenvalue weighted by Gasteiger charge is -2.40. The second kappa shape index (κ2) is 5.82. The topological polar surface area (TPSA) is 47.3 Å². The number of piperazine rings is 1. The molecule has 0 saturated carbocycles. The zero-order valence-electron chi connectivity index (χ0n) is 12.7. The third-order valence-corrected chi connectivity index (χ3v) is 3.99. The minimum atomic E-state index is -0.537. The Morgan fingerprint density at radius 3 is 2.43 bits per heavy atom. The Balaban J connectivity index is 2.06. The van der Waals surface area contributed by atoms with E-state index in [1.54, 1.807) is 24.0 Å². The molecule has 1 heterocycles. The molecule has 1 aliphatic rings. The van der Waals surface area contributed by atoms with Crippen LogP contribution in [0.1, 0.15) is 29.8 Å². The highest BCUT2D eigenvalue weighted by Gasteiger charge is 2.31. The van der Waals surface area contributed by atoms with Gasteiger partial charge in [-0.2, -0.15) is 5.26 Å². The Bertz CT molecular complexity index is 584. The molecule has 0 bridgehead atoms. The first kappa shape index (κ1) is 15.5. The molecule has 1 fully saturated rings. The molecule has 0 spiro atoms. The van der Waals surface area contributed by atoms with E-state index in [-0.39, 0.29) is 11.5 Å². The van der Waals surface area contributed by atoms with Gasteiger partial charge in [-0.05, 0) is 38.5 Å². The highest BCUT2D eigenvalue weighted by atomic mass is 19.1. The standard InChI is InChI=1S/C16H20FN3O/c1-12-4-5-13(14(17)10-12)15(21)19-6-8-20(9-7-19)16(2,3)11-18/h4-5,10H,6-9H2,1-3H3. The van der Waals surface area contributed by atoms with Crippen molar-refractivity contribution in [3.63, 3.8) is 0 Å². The fraction of sp³-hybridized carbons (Fsp3) is 0.500. The first-order chi connectivity index (χ1) is 9.85. The van der Waals surface area contributed by atoms with Crippen LogP contribution < -0.4 is 0 Å². The van der Waals surface area contributed by atoms with Crippen molar-refractivity contribution in [1.29, 1.82) is 5.26 Å². The molecule has 5 heteroatoms. The van der Waals surface area contributed by atoms with Crippen LogP contribution in [0.3, 0.4) is 0 Å². The molecule has 2 rings (SSSR count). The number of halogens is 1. The van der Waals surface area contributed by atoms with Gasteiger partial charge in [0.1, 0.15) is 11.4 Å². The van der Waals surface area contributed by atoms with E-state index < -0.39 is 11.4 Å². The number of nitriles is 1. The summed E-state index contributed by atoms with van der Waals surface area (Å²) >= 11 is 0. The van der Waals surface area contributed by atoms with Gasteiger partial charge in [0, 0.05) is 26.2 Å². The van der Waals surface area contributed by atoms with E-state index in [0.717, 1.165) is 5.56 Å². The molecule has 1 saturated heterocycles. The summed E-state index contributed by atoms with van der Waals surface area (Å²) in [5, 5.41) is 9.14. The van der Waals surface area contributed by atoms with Crippen molar-refractivity contribution in [3.05, 3.63) is 35.1 Å². The van der Waals surface area contributed by atoms with Crippen LogP contribution >= 0.6 is 0 Å². The van der Waals surface area contributed by atoms with Gasteiger partial charge in [-0.25, -0.2) is 4.39 Å². The maximum Gasteiger partial charge on any atom is 0.256 e. The fourth-order valence-corrected chi connectivity index (χ4v) is 2.50. The SMILES string of the molecule is Cc1ccc(C(=O)N2CCN(C(C)(C)C#N)CC2)c(F)c1. The number of benzene rings is 1. The smallest absolute Gasteiger partial charge is 0.256 e. The summed E-state index contributed by atoms with van der Waals surface area (Å²) in [6.45, 7) is 7.79. The number of nitrogens with zero attached hydrogens (tertiary/aromatic N) is 3. The Morgan fingerprint density at radius 1 is 1.29 bits per heavy atom. The van der Waals surface area contributed by atoms with Crippen LogP contribution in [0.15, 0.2) is 18.2 Å². The van der Waals surface area contributed by atoms with Gasteiger partial charge in [0.2, 0.25) is 0 Å². The van der Waals surface area contributed by atoms with E-state index in [9.17, 15) is 9.18 Å². The molecule has 1 aromatic rings. The van der Waals surface area contributed by atoms with E-state index in [1.165, 1.54) is 6.07 Å². The molecule has 1 amide bonds. The molecule has 0 N–H and O–H groups in total. The van der Waals surface area contributed by atoms with Crippen molar-refractivity contribution in [2.45, 2.75) is 26.3 Å². The Hall–Kier alpha value is -1.93. The van der Waals surface area contributed by atoms with Gasteiger partial charge in [0.15, 0.2) is 0 Å². The highest BCUT2D eigenvalue weighted by Crippen LogP contribution is 2.18. The predicted molar refractivity (Wildman–Crippen MR) is 78.3 cm³/mol. The molecule has 0 unspecified atom stereocenters. The molecular weight excluding hydrogens is 269 g/mol. The molecule has 0 aromatic heterocycles. The lowest BCUT2D eigenvalue weighted by atomic mass is 10.0. The first-order valence-corrected chi connectivity index (χ1v) is 7.07. The molecule has 112 valence electrons. The van der Waals surface area contributed by atoms with E-state index in [2.05, 4.69) is 6.07 Å². The van der Waals surface area contributed by atoms with Crippen LogP contribution in [0, 0.1) is 24.1 Å². The van der Waals surface area contributed by atoms with Gasteiger partial charge in [-0.1, -0.05) is 6.07 Å². The maximum absolute atomic E-state index is 13.9. The summed E-state index contributed by atoms with van der Waals surface area (Å²) < 4.78 is 13.9. The average Bonchev–Trinajstić information content (AvgIpc) is 2.47. The summed E-state index contributed by atoms with van der Waals surface area (Å²) in [6, 6.07) is 6.92. The number of aryl methyl sites for hydroxylation is 1. The lowest BCUT2D eigenvalue weighted by Crippen LogP contribution is -2.55. The van der Waals surface area contributed by atoms with Gasteiger partial charge in [-0.15, -0.1) is 0 Å². The van der Waals surface area contributed by atoms with Gasteiger partial charge < -0.3 is 4.90 Å². The number of carbonyl (C=O) groups excluding carboxylic acids is 1. The summed E-state index contributed by atoms with van der Waals surface area (Å²) in [5.41, 5.74) is 0.378. The summed E-state index contributed by atoms with van der Waals surface area (Å²) in [7, 11) is 0. The third kappa shape index (κ3) is 3.22. The molecule has 1 aliphatic heterocycles. The Kier molecular flexibility index (Phi) is 4.29. The number of hydrogen-bond donors (Lipinski definition) is 0. The average molecular weight is 289 g/mol. The van der Waals surface area contributed by atoms with Crippen LogP contribution in [0.25, 0.3) is 0 Å². The largest absolute Gasteiger partial charge is 0.336 e. The fourth-order valence-electron chi connectivity index (χ4n) is 2.50. The highest BCUT2D eigenvalue weighted by molar-refractivity contribution is 5.94. The second-order valence-corrected chi connectivity index (χ2v) is 5.93. The number of amides is 1. The lowest BCUT2D eigenvalue weighted by molar-refractivity contribution is 0.0517. The van der Waals surface area contributed by atoms with Crippen molar-refractivity contribution < 1.29 is 9.18 Å². The quantitative estimate of drug-likeness (QED) is 0.838. The molecule has 21 heavy (non-hydrogen) atoms. The van der Waals surface area contributed by atoms with Crippen molar-refractivity contribution in [1.82, 2.24) is 9.80 Å².